The highest BCUT2D eigenvalue weighted by atomic mass is 16.3. The van der Waals surface area contributed by atoms with Crippen LogP contribution in [0.15, 0.2) is 35.1 Å². The average molecular weight is 258 g/mol. The summed E-state index contributed by atoms with van der Waals surface area (Å²) in [4.78, 5) is 11.9. The molecule has 0 saturated heterocycles. The molecule has 2 aromatic rings. The Balaban J connectivity index is 2.51. The quantitative estimate of drug-likeness (QED) is 0.912. The molecule has 1 heterocycles. The van der Waals surface area contributed by atoms with Gasteiger partial charge in [-0.15, -0.1) is 0 Å². The van der Waals surface area contributed by atoms with E-state index in [0.717, 1.165) is 12.0 Å². The van der Waals surface area contributed by atoms with Crippen LogP contribution in [0.4, 0.5) is 0 Å². The fourth-order valence-corrected chi connectivity index (χ4v) is 1.98. The highest BCUT2D eigenvalue weighted by Gasteiger charge is 2.08. The maximum absolute atomic E-state index is 11.9. The number of rotatable bonds is 4. The Kier molecular flexibility index (Phi) is 4.12. The number of aliphatic hydroxyl groups excluding tert-OH is 1. The minimum atomic E-state index is -0.263. The van der Waals surface area contributed by atoms with Crippen LogP contribution < -0.4 is 5.56 Å². The Morgan fingerprint density at radius 2 is 1.89 bits per heavy atom. The molecule has 4 heteroatoms. The molecule has 0 bridgehead atoms. The Labute approximate surface area is 112 Å². The van der Waals surface area contributed by atoms with Gasteiger partial charge in [-0.1, -0.05) is 31.2 Å². The van der Waals surface area contributed by atoms with Crippen LogP contribution in [0.2, 0.25) is 0 Å². The summed E-state index contributed by atoms with van der Waals surface area (Å²) >= 11 is 0. The minimum Gasteiger partial charge on any atom is -0.391 e. The van der Waals surface area contributed by atoms with E-state index in [1.54, 1.807) is 6.07 Å². The zero-order valence-electron chi connectivity index (χ0n) is 11.3. The summed E-state index contributed by atoms with van der Waals surface area (Å²) in [6.45, 7) is 4.20. The molecule has 0 amide bonds. The summed E-state index contributed by atoms with van der Waals surface area (Å²) in [6, 6.07) is 9.75. The molecule has 0 unspecified atom stereocenters. The van der Waals surface area contributed by atoms with Crippen LogP contribution in [0, 0.1) is 0 Å². The number of nitrogens with zero attached hydrogens (tertiary/aromatic N) is 2. The first-order valence-corrected chi connectivity index (χ1v) is 6.50. The fraction of sp³-hybridized carbons (Fsp3) is 0.333. The maximum atomic E-state index is 11.9. The Morgan fingerprint density at radius 3 is 2.42 bits per heavy atom. The van der Waals surface area contributed by atoms with Crippen molar-refractivity contribution in [3.05, 3.63) is 51.8 Å². The van der Waals surface area contributed by atoms with Gasteiger partial charge in [0, 0.05) is 17.7 Å². The van der Waals surface area contributed by atoms with Gasteiger partial charge < -0.3 is 5.11 Å². The van der Waals surface area contributed by atoms with Crippen LogP contribution in [-0.2, 0) is 19.6 Å². The van der Waals surface area contributed by atoms with Crippen LogP contribution in [-0.4, -0.2) is 14.9 Å². The first-order valence-electron chi connectivity index (χ1n) is 6.50. The first kappa shape index (κ1) is 13.5. The van der Waals surface area contributed by atoms with Crippen LogP contribution in [0.1, 0.15) is 25.0 Å². The summed E-state index contributed by atoms with van der Waals surface area (Å²) in [5.41, 5.74) is 3.09. The first-order chi connectivity index (χ1) is 9.19. The third-order valence-corrected chi connectivity index (χ3v) is 3.18. The van der Waals surface area contributed by atoms with Gasteiger partial charge >= 0.3 is 0 Å². The van der Waals surface area contributed by atoms with E-state index < -0.39 is 0 Å². The summed E-state index contributed by atoms with van der Waals surface area (Å²) in [6.07, 6.45) is 0.990. The molecule has 100 valence electrons. The van der Waals surface area contributed by atoms with E-state index in [2.05, 4.69) is 24.2 Å². The molecule has 19 heavy (non-hydrogen) atoms. The fourth-order valence-electron chi connectivity index (χ4n) is 1.98. The molecule has 1 N–H and O–H groups in total. The van der Waals surface area contributed by atoms with Crippen molar-refractivity contribution < 1.29 is 5.11 Å². The van der Waals surface area contributed by atoms with E-state index in [0.29, 0.717) is 17.8 Å². The van der Waals surface area contributed by atoms with Crippen molar-refractivity contribution in [2.75, 3.05) is 0 Å². The molecule has 2 rings (SSSR count). The van der Waals surface area contributed by atoms with Crippen LogP contribution in [0.25, 0.3) is 11.3 Å². The number of aromatic nitrogens is 2. The molecule has 1 aromatic heterocycles. The normalized spacial score (nSPS) is 10.7. The van der Waals surface area contributed by atoms with Gasteiger partial charge in [0.25, 0.3) is 5.56 Å². The smallest absolute Gasteiger partial charge is 0.272 e. The highest BCUT2D eigenvalue weighted by molar-refractivity contribution is 5.59. The van der Waals surface area contributed by atoms with Crippen molar-refractivity contribution >= 4 is 0 Å². The standard InChI is InChI=1S/C15H18N2O2/c1-3-11-5-7-12(8-6-11)14-9-13(10-18)15(19)17(4-2)16-14/h5-9,18H,3-4,10H2,1-2H3. The lowest BCUT2D eigenvalue weighted by molar-refractivity contribution is 0.278. The summed E-state index contributed by atoms with van der Waals surface area (Å²) in [5.74, 6) is 0. The zero-order chi connectivity index (χ0) is 13.8. The molecule has 0 aliphatic carbocycles. The molecule has 4 nitrogen and oxygen atoms in total. The molecule has 1 aromatic carbocycles. The number of aryl methyl sites for hydroxylation is 2. The number of benzene rings is 1. The molecule has 0 aliphatic rings. The van der Waals surface area contributed by atoms with E-state index in [9.17, 15) is 9.90 Å². The van der Waals surface area contributed by atoms with Crippen LogP contribution in [0.3, 0.4) is 0 Å². The van der Waals surface area contributed by atoms with Crippen LogP contribution in [0.5, 0.6) is 0 Å². The van der Waals surface area contributed by atoms with E-state index in [-0.39, 0.29) is 12.2 Å². The molecule has 0 atom stereocenters. The summed E-state index contributed by atoms with van der Waals surface area (Å²) in [7, 11) is 0. The molecule has 0 saturated carbocycles. The summed E-state index contributed by atoms with van der Waals surface area (Å²) in [5, 5.41) is 13.6. The van der Waals surface area contributed by atoms with Gasteiger partial charge in [0.05, 0.1) is 12.3 Å². The predicted molar refractivity (Wildman–Crippen MR) is 74.9 cm³/mol. The Morgan fingerprint density at radius 1 is 1.21 bits per heavy atom. The second-order valence-electron chi connectivity index (χ2n) is 4.38. The van der Waals surface area contributed by atoms with E-state index in [1.807, 2.05) is 19.1 Å². The van der Waals surface area contributed by atoms with Crippen molar-refractivity contribution in [3.63, 3.8) is 0 Å². The highest BCUT2D eigenvalue weighted by Crippen LogP contribution is 2.17. The second kappa shape index (κ2) is 5.80. The topological polar surface area (TPSA) is 55.1 Å². The van der Waals surface area contributed by atoms with Crippen LogP contribution >= 0.6 is 0 Å². The van der Waals surface area contributed by atoms with Gasteiger partial charge in [-0.3, -0.25) is 4.79 Å². The van der Waals surface area contributed by atoms with Crippen molar-refractivity contribution in [1.82, 2.24) is 9.78 Å². The molecule has 0 aliphatic heterocycles. The van der Waals surface area contributed by atoms with Crippen molar-refractivity contribution in [1.29, 1.82) is 0 Å². The number of aliphatic hydroxyl groups is 1. The van der Waals surface area contributed by atoms with Crippen molar-refractivity contribution in [3.8, 4) is 11.3 Å². The van der Waals surface area contributed by atoms with Crippen molar-refractivity contribution in [2.24, 2.45) is 0 Å². The lowest BCUT2D eigenvalue weighted by Gasteiger charge is -2.08. The van der Waals surface area contributed by atoms with Gasteiger partial charge in [0.15, 0.2) is 0 Å². The average Bonchev–Trinajstić information content (AvgIpc) is 2.47. The summed E-state index contributed by atoms with van der Waals surface area (Å²) < 4.78 is 1.38. The van der Waals surface area contributed by atoms with Gasteiger partial charge in [-0.25, -0.2) is 4.68 Å². The van der Waals surface area contributed by atoms with Gasteiger partial charge in [-0.2, -0.15) is 5.10 Å². The molecule has 0 radical (unpaired) electrons. The third-order valence-electron chi connectivity index (χ3n) is 3.18. The monoisotopic (exact) mass is 258 g/mol. The third kappa shape index (κ3) is 2.74. The van der Waals surface area contributed by atoms with Gasteiger partial charge in [0.2, 0.25) is 0 Å². The lowest BCUT2D eigenvalue weighted by atomic mass is 10.1. The minimum absolute atomic E-state index is 0.223. The Hall–Kier alpha value is -1.94. The predicted octanol–water partition coefficient (Wildman–Crippen LogP) is 1.98. The van der Waals surface area contributed by atoms with Crippen molar-refractivity contribution in [2.45, 2.75) is 33.4 Å². The van der Waals surface area contributed by atoms with Gasteiger partial charge in [0.1, 0.15) is 0 Å². The van der Waals surface area contributed by atoms with E-state index in [1.165, 1.54) is 10.2 Å². The number of hydrogen-bond acceptors (Lipinski definition) is 3. The van der Waals surface area contributed by atoms with E-state index in [4.69, 9.17) is 0 Å². The Bertz CT molecular complexity index is 587. The van der Waals surface area contributed by atoms with E-state index >= 15 is 0 Å². The molecule has 0 fully saturated rings. The van der Waals surface area contributed by atoms with Gasteiger partial charge in [-0.05, 0) is 25.0 Å². The molecular weight excluding hydrogens is 240 g/mol. The lowest BCUT2D eigenvalue weighted by Crippen LogP contribution is -2.26. The molecular formula is C15H18N2O2. The maximum Gasteiger partial charge on any atom is 0.272 e. The molecule has 0 spiro atoms. The second-order valence-corrected chi connectivity index (χ2v) is 4.38. The SMILES string of the molecule is CCc1ccc(-c2cc(CO)c(=O)n(CC)n2)cc1. The number of hydrogen-bond donors (Lipinski definition) is 1. The zero-order valence-corrected chi connectivity index (χ0v) is 11.3. The largest absolute Gasteiger partial charge is 0.391 e.